The van der Waals surface area contributed by atoms with Crippen molar-refractivity contribution in [2.45, 2.75) is 26.2 Å². The lowest BCUT2D eigenvalue weighted by atomic mass is 10.2. The third-order valence-corrected chi connectivity index (χ3v) is 5.37. The van der Waals surface area contributed by atoms with Crippen molar-refractivity contribution < 1.29 is 13.9 Å². The highest BCUT2D eigenvalue weighted by Gasteiger charge is 2.16. The summed E-state index contributed by atoms with van der Waals surface area (Å²) in [6.07, 6.45) is 4.78. The molecule has 0 radical (unpaired) electrons. The van der Waals surface area contributed by atoms with E-state index in [0.717, 1.165) is 19.0 Å². The average Bonchev–Trinajstić information content (AvgIpc) is 3.26. The average molecular weight is 412 g/mol. The molecule has 7 nitrogen and oxygen atoms in total. The summed E-state index contributed by atoms with van der Waals surface area (Å²) in [4.78, 5) is 23.4. The molecule has 0 spiro atoms. The molecule has 0 N–H and O–H groups in total. The summed E-state index contributed by atoms with van der Waals surface area (Å²) in [6, 6.07) is 6.42. The Labute approximate surface area is 174 Å². The van der Waals surface area contributed by atoms with E-state index in [9.17, 15) is 9.18 Å². The van der Waals surface area contributed by atoms with Crippen LogP contribution < -0.4 is 15.0 Å². The van der Waals surface area contributed by atoms with Gasteiger partial charge in [-0.2, -0.15) is 4.39 Å². The quantitative estimate of drug-likeness (QED) is 0.439. The summed E-state index contributed by atoms with van der Waals surface area (Å²) in [5, 5.41) is 0.164. The highest BCUT2D eigenvalue weighted by Crippen LogP contribution is 2.28. The van der Waals surface area contributed by atoms with E-state index in [1.54, 1.807) is 25.1 Å². The van der Waals surface area contributed by atoms with Crippen LogP contribution in [-0.2, 0) is 0 Å². The number of nitrogens with zero attached hydrogens (tertiary/aromatic N) is 4. The molecule has 1 aliphatic heterocycles. The van der Waals surface area contributed by atoms with Crippen molar-refractivity contribution in [3.8, 4) is 17.2 Å². The van der Waals surface area contributed by atoms with Gasteiger partial charge in [0.2, 0.25) is 5.95 Å². The Morgan fingerprint density at radius 2 is 2.00 bits per heavy atom. The van der Waals surface area contributed by atoms with Gasteiger partial charge >= 0.3 is 0 Å². The molecule has 0 amide bonds. The second-order valence-electron chi connectivity index (χ2n) is 7.41. The van der Waals surface area contributed by atoms with E-state index in [2.05, 4.69) is 14.9 Å². The number of pyridine rings is 1. The number of methoxy groups -OCH3 is 1. The monoisotopic (exact) mass is 412 g/mol. The number of fused-ring (bicyclic) bond motifs is 1. The normalized spacial score (nSPS) is 14.4. The Morgan fingerprint density at radius 1 is 1.20 bits per heavy atom. The number of hydrogen-bond donors (Lipinski definition) is 0. The van der Waals surface area contributed by atoms with Crippen LogP contribution in [0.25, 0.3) is 16.6 Å². The van der Waals surface area contributed by atoms with Gasteiger partial charge in [-0.15, -0.1) is 0 Å². The molecule has 158 valence electrons. The highest BCUT2D eigenvalue weighted by atomic mass is 19.1. The Bertz CT molecular complexity index is 1110. The van der Waals surface area contributed by atoms with Crippen LogP contribution in [0.2, 0.25) is 0 Å². The van der Waals surface area contributed by atoms with Crippen molar-refractivity contribution in [3.63, 3.8) is 0 Å². The number of benzene rings is 1. The van der Waals surface area contributed by atoms with Crippen molar-refractivity contribution in [3.05, 3.63) is 52.6 Å². The number of ether oxygens (including phenoxy) is 2. The van der Waals surface area contributed by atoms with Gasteiger partial charge in [0.1, 0.15) is 17.3 Å². The van der Waals surface area contributed by atoms with Crippen molar-refractivity contribution in [1.29, 1.82) is 0 Å². The Morgan fingerprint density at radius 3 is 2.77 bits per heavy atom. The predicted molar refractivity (Wildman–Crippen MR) is 112 cm³/mol. The summed E-state index contributed by atoms with van der Waals surface area (Å²) in [5.41, 5.74) is 0.500. The predicted octanol–water partition coefficient (Wildman–Crippen LogP) is 3.10. The van der Waals surface area contributed by atoms with Gasteiger partial charge in [-0.05, 0) is 51.4 Å². The van der Waals surface area contributed by atoms with E-state index in [1.165, 1.54) is 43.8 Å². The minimum Gasteiger partial charge on any atom is -0.494 e. The first-order valence-electron chi connectivity index (χ1n) is 10.2. The first-order valence-corrected chi connectivity index (χ1v) is 10.2. The van der Waals surface area contributed by atoms with Crippen LogP contribution in [-0.4, -0.2) is 52.8 Å². The third kappa shape index (κ3) is 4.14. The fourth-order valence-electron chi connectivity index (χ4n) is 3.88. The topological polar surface area (TPSA) is 69.5 Å². The first-order chi connectivity index (χ1) is 14.6. The molecule has 1 fully saturated rings. The summed E-state index contributed by atoms with van der Waals surface area (Å²) in [7, 11) is 1.54. The number of likely N-dealkylation sites (tertiary alicyclic amines) is 1. The van der Waals surface area contributed by atoms with E-state index in [1.807, 2.05) is 0 Å². The minimum absolute atomic E-state index is 0.164. The molecular formula is C22H25FN4O3. The van der Waals surface area contributed by atoms with E-state index in [4.69, 9.17) is 9.47 Å². The van der Waals surface area contributed by atoms with E-state index in [-0.39, 0.29) is 10.9 Å². The first kappa shape index (κ1) is 20.3. The molecule has 1 aromatic carbocycles. The Hall–Kier alpha value is -3.00. The summed E-state index contributed by atoms with van der Waals surface area (Å²) < 4.78 is 26.4. The summed E-state index contributed by atoms with van der Waals surface area (Å²) in [5.74, 6) is 0.888. The van der Waals surface area contributed by atoms with Gasteiger partial charge in [0, 0.05) is 18.7 Å². The van der Waals surface area contributed by atoms with Crippen molar-refractivity contribution in [2.24, 2.45) is 0 Å². The van der Waals surface area contributed by atoms with Crippen LogP contribution in [0.3, 0.4) is 0 Å². The third-order valence-electron chi connectivity index (χ3n) is 5.37. The largest absolute Gasteiger partial charge is 0.494 e. The van der Waals surface area contributed by atoms with Gasteiger partial charge in [0.25, 0.3) is 5.56 Å². The standard InChI is InChI=1S/C22H25FN4O3/c1-15-25-18-14-24-21(23)13-17(18)22(28)27(15)19-7-6-16(12-20(19)29-2)30-11-5-10-26-8-3-4-9-26/h6-7,12-14H,3-5,8-11H2,1-2H3. The van der Waals surface area contributed by atoms with Crippen LogP contribution in [0.5, 0.6) is 11.5 Å². The van der Waals surface area contributed by atoms with Crippen LogP contribution in [0.1, 0.15) is 25.1 Å². The molecule has 0 bridgehead atoms. The Kier molecular flexibility index (Phi) is 5.94. The molecule has 4 rings (SSSR count). The molecule has 8 heteroatoms. The molecule has 3 aromatic rings. The molecule has 2 aromatic heterocycles. The van der Waals surface area contributed by atoms with E-state index in [0.29, 0.717) is 35.1 Å². The number of aryl methyl sites for hydroxylation is 1. The van der Waals surface area contributed by atoms with Gasteiger partial charge in [-0.25, -0.2) is 9.97 Å². The van der Waals surface area contributed by atoms with Crippen molar-refractivity contribution in [1.82, 2.24) is 19.4 Å². The van der Waals surface area contributed by atoms with Gasteiger partial charge < -0.3 is 14.4 Å². The lowest BCUT2D eigenvalue weighted by Crippen LogP contribution is -2.23. The molecule has 1 aliphatic rings. The number of aromatic nitrogens is 3. The summed E-state index contributed by atoms with van der Waals surface area (Å²) >= 11 is 0. The SMILES string of the molecule is COc1cc(OCCCN2CCCC2)ccc1-n1c(C)nc2cnc(F)cc2c1=O. The zero-order chi connectivity index (χ0) is 21.1. The molecule has 0 aliphatic carbocycles. The fourth-order valence-corrected chi connectivity index (χ4v) is 3.88. The maximum absolute atomic E-state index is 13.6. The lowest BCUT2D eigenvalue weighted by molar-refractivity contribution is 0.262. The van der Waals surface area contributed by atoms with Crippen molar-refractivity contribution in [2.75, 3.05) is 33.4 Å². The van der Waals surface area contributed by atoms with Gasteiger partial charge in [-0.1, -0.05) is 0 Å². The molecule has 3 heterocycles. The zero-order valence-corrected chi connectivity index (χ0v) is 17.2. The minimum atomic E-state index is -0.721. The van der Waals surface area contributed by atoms with Gasteiger partial charge in [0.05, 0.1) is 36.5 Å². The smallest absolute Gasteiger partial charge is 0.266 e. The number of rotatable bonds is 7. The second-order valence-corrected chi connectivity index (χ2v) is 7.41. The Balaban J connectivity index is 1.58. The zero-order valence-electron chi connectivity index (χ0n) is 17.2. The van der Waals surface area contributed by atoms with E-state index >= 15 is 0 Å². The molecule has 0 saturated carbocycles. The van der Waals surface area contributed by atoms with Crippen molar-refractivity contribution >= 4 is 10.9 Å². The van der Waals surface area contributed by atoms with Gasteiger partial charge in [-0.3, -0.25) is 9.36 Å². The van der Waals surface area contributed by atoms with Crippen LogP contribution in [0.4, 0.5) is 4.39 Å². The maximum Gasteiger partial charge on any atom is 0.266 e. The summed E-state index contributed by atoms with van der Waals surface area (Å²) in [6.45, 7) is 5.72. The van der Waals surface area contributed by atoms with Crippen LogP contribution >= 0.6 is 0 Å². The number of hydrogen-bond acceptors (Lipinski definition) is 6. The molecular weight excluding hydrogens is 387 g/mol. The van der Waals surface area contributed by atoms with Gasteiger partial charge in [0.15, 0.2) is 0 Å². The molecule has 30 heavy (non-hydrogen) atoms. The van der Waals surface area contributed by atoms with Crippen LogP contribution in [0, 0.1) is 12.9 Å². The van der Waals surface area contributed by atoms with Crippen LogP contribution in [0.15, 0.2) is 35.3 Å². The number of halogens is 1. The second kappa shape index (κ2) is 8.79. The molecule has 1 saturated heterocycles. The molecule has 0 unspecified atom stereocenters. The van der Waals surface area contributed by atoms with E-state index < -0.39 is 5.95 Å². The lowest BCUT2D eigenvalue weighted by Gasteiger charge is -2.16. The molecule has 0 atom stereocenters. The maximum atomic E-state index is 13.6. The highest BCUT2D eigenvalue weighted by molar-refractivity contribution is 5.77. The fraction of sp³-hybridized carbons (Fsp3) is 0.409.